The Bertz CT molecular complexity index is 882. The highest BCUT2D eigenvalue weighted by Crippen LogP contribution is 2.34. The van der Waals surface area contributed by atoms with Crippen LogP contribution in [0, 0.1) is 5.92 Å². The van der Waals surface area contributed by atoms with E-state index < -0.39 is 10.0 Å². The molecule has 1 aromatic heterocycles. The minimum atomic E-state index is -3.74. The molecule has 0 unspecified atom stereocenters. The monoisotopic (exact) mass is 390 g/mol. The van der Waals surface area contributed by atoms with E-state index in [4.69, 9.17) is 14.2 Å². The molecule has 7 nitrogen and oxygen atoms in total. The van der Waals surface area contributed by atoms with E-state index in [1.54, 1.807) is 24.5 Å². The number of nitrogens with one attached hydrogen (secondary N) is 1. The van der Waals surface area contributed by atoms with Crippen LogP contribution in [0.4, 0.5) is 0 Å². The molecule has 8 heteroatoms. The second-order valence-electron chi connectivity index (χ2n) is 6.64. The molecule has 0 aliphatic carbocycles. The summed E-state index contributed by atoms with van der Waals surface area (Å²) in [6.45, 7) is 2.13. The van der Waals surface area contributed by atoms with Gasteiger partial charge in [0.15, 0.2) is 11.5 Å². The summed E-state index contributed by atoms with van der Waals surface area (Å²) >= 11 is 0. The zero-order valence-corrected chi connectivity index (χ0v) is 15.7. The standard InChI is InChI=1S/C19H22N2O5S/c22-27(23,16-3-4-17-18(12-16)26-11-10-25-17)21-19(14-5-8-24-9-6-14)15-2-1-7-20-13-15/h1-4,7,12-14,19,21H,5-6,8-11H2/t19-/m0/s1. The van der Waals surface area contributed by atoms with Crippen molar-refractivity contribution in [2.75, 3.05) is 26.4 Å². The van der Waals surface area contributed by atoms with Crippen molar-refractivity contribution in [2.45, 2.75) is 23.8 Å². The third kappa shape index (κ3) is 4.07. The molecule has 0 bridgehead atoms. The summed E-state index contributed by atoms with van der Waals surface area (Å²) in [7, 11) is -3.74. The Kier molecular flexibility index (Phi) is 5.29. The first-order valence-corrected chi connectivity index (χ1v) is 10.5. The van der Waals surface area contributed by atoms with Crippen LogP contribution in [-0.4, -0.2) is 39.8 Å². The minimum Gasteiger partial charge on any atom is -0.486 e. The van der Waals surface area contributed by atoms with E-state index in [1.165, 1.54) is 6.07 Å². The van der Waals surface area contributed by atoms with Crippen molar-refractivity contribution in [3.8, 4) is 11.5 Å². The number of aromatic nitrogens is 1. The fourth-order valence-electron chi connectivity index (χ4n) is 3.47. The molecular weight excluding hydrogens is 368 g/mol. The summed E-state index contributed by atoms with van der Waals surface area (Å²) in [4.78, 5) is 4.32. The molecule has 1 saturated heterocycles. The molecule has 0 amide bonds. The lowest BCUT2D eigenvalue weighted by molar-refractivity contribution is 0.0564. The van der Waals surface area contributed by atoms with E-state index in [0.717, 1.165) is 18.4 Å². The fraction of sp³-hybridized carbons (Fsp3) is 0.421. The zero-order valence-electron chi connectivity index (χ0n) is 14.8. The van der Waals surface area contributed by atoms with Crippen molar-refractivity contribution >= 4 is 10.0 Å². The smallest absolute Gasteiger partial charge is 0.241 e. The summed E-state index contributed by atoms with van der Waals surface area (Å²) in [5.74, 6) is 1.16. The molecule has 1 fully saturated rings. The molecule has 1 atom stereocenters. The quantitative estimate of drug-likeness (QED) is 0.843. The molecule has 1 N–H and O–H groups in total. The van der Waals surface area contributed by atoms with Crippen LogP contribution in [0.2, 0.25) is 0 Å². The van der Waals surface area contributed by atoms with Gasteiger partial charge in [-0.1, -0.05) is 6.07 Å². The number of ether oxygens (including phenoxy) is 3. The lowest BCUT2D eigenvalue weighted by Crippen LogP contribution is -2.36. The molecule has 0 saturated carbocycles. The van der Waals surface area contributed by atoms with Crippen LogP contribution in [0.15, 0.2) is 47.6 Å². The first kappa shape index (κ1) is 18.2. The Balaban J connectivity index is 1.63. The predicted molar refractivity (Wildman–Crippen MR) is 98.3 cm³/mol. The van der Waals surface area contributed by atoms with Crippen molar-refractivity contribution in [2.24, 2.45) is 5.92 Å². The first-order chi connectivity index (χ1) is 13.1. The number of hydrogen-bond donors (Lipinski definition) is 1. The second-order valence-corrected chi connectivity index (χ2v) is 8.35. The number of benzene rings is 1. The maximum absolute atomic E-state index is 13.1. The van der Waals surface area contributed by atoms with E-state index >= 15 is 0 Å². The van der Waals surface area contributed by atoms with Crippen LogP contribution in [0.1, 0.15) is 24.4 Å². The molecule has 2 aliphatic rings. The second kappa shape index (κ2) is 7.84. The maximum atomic E-state index is 13.1. The van der Waals surface area contributed by atoms with Crippen LogP contribution in [0.25, 0.3) is 0 Å². The molecule has 27 heavy (non-hydrogen) atoms. The fourth-order valence-corrected chi connectivity index (χ4v) is 4.78. The van der Waals surface area contributed by atoms with Gasteiger partial charge in [0.05, 0.1) is 10.9 Å². The molecule has 2 aromatic rings. The highest BCUT2D eigenvalue weighted by Gasteiger charge is 2.30. The highest BCUT2D eigenvalue weighted by molar-refractivity contribution is 7.89. The SMILES string of the molecule is O=S(=O)(N[C@H](c1cccnc1)C1CCOCC1)c1ccc2c(c1)OCCO2. The van der Waals surface area contributed by atoms with Crippen LogP contribution >= 0.6 is 0 Å². The van der Waals surface area contributed by atoms with E-state index in [0.29, 0.717) is 37.9 Å². The van der Waals surface area contributed by atoms with Crippen molar-refractivity contribution in [3.05, 3.63) is 48.3 Å². The van der Waals surface area contributed by atoms with Crippen molar-refractivity contribution in [3.63, 3.8) is 0 Å². The van der Waals surface area contributed by atoms with Crippen molar-refractivity contribution in [1.82, 2.24) is 9.71 Å². The summed E-state index contributed by atoms with van der Waals surface area (Å²) in [6, 6.07) is 8.05. The molecule has 144 valence electrons. The van der Waals surface area contributed by atoms with Crippen LogP contribution < -0.4 is 14.2 Å². The average molecular weight is 390 g/mol. The van der Waals surface area contributed by atoms with Crippen LogP contribution in [-0.2, 0) is 14.8 Å². The molecule has 3 heterocycles. The summed E-state index contributed by atoms with van der Waals surface area (Å²) < 4.78 is 45.5. The molecule has 0 radical (unpaired) electrons. The lowest BCUT2D eigenvalue weighted by atomic mass is 9.88. The van der Waals surface area contributed by atoms with Crippen molar-refractivity contribution < 1.29 is 22.6 Å². The summed E-state index contributed by atoms with van der Waals surface area (Å²) in [5, 5.41) is 0. The Hall–Kier alpha value is -2.16. The number of fused-ring (bicyclic) bond motifs is 1. The predicted octanol–water partition coefficient (Wildman–Crippen LogP) is 2.30. The Labute approximate surface area is 158 Å². The number of pyridine rings is 1. The Morgan fingerprint density at radius 1 is 1.04 bits per heavy atom. The van der Waals surface area contributed by atoms with Gasteiger partial charge in [-0.15, -0.1) is 0 Å². The molecular formula is C19H22N2O5S. The highest BCUT2D eigenvalue weighted by atomic mass is 32.2. The van der Waals surface area contributed by atoms with Gasteiger partial charge in [-0.25, -0.2) is 13.1 Å². The normalized spacial score (nSPS) is 18.8. The van der Waals surface area contributed by atoms with E-state index in [-0.39, 0.29) is 16.9 Å². The number of hydrogen-bond acceptors (Lipinski definition) is 6. The topological polar surface area (TPSA) is 86.8 Å². The number of sulfonamides is 1. The van der Waals surface area contributed by atoms with Gasteiger partial charge >= 0.3 is 0 Å². The van der Waals surface area contributed by atoms with Gasteiger partial charge in [0.2, 0.25) is 10.0 Å². The molecule has 2 aliphatic heterocycles. The number of rotatable bonds is 5. The lowest BCUT2D eigenvalue weighted by Gasteiger charge is -2.31. The number of nitrogens with zero attached hydrogens (tertiary/aromatic N) is 1. The van der Waals surface area contributed by atoms with Crippen LogP contribution in [0.3, 0.4) is 0 Å². The van der Waals surface area contributed by atoms with Gasteiger partial charge in [-0.2, -0.15) is 0 Å². The third-order valence-electron chi connectivity index (χ3n) is 4.89. The zero-order chi connectivity index (χ0) is 18.7. The van der Waals surface area contributed by atoms with Gasteiger partial charge < -0.3 is 14.2 Å². The molecule has 1 aromatic carbocycles. The van der Waals surface area contributed by atoms with Gasteiger partial charge in [-0.3, -0.25) is 4.98 Å². The van der Waals surface area contributed by atoms with Crippen LogP contribution in [0.5, 0.6) is 11.5 Å². The molecule has 0 spiro atoms. The minimum absolute atomic E-state index is 0.148. The summed E-state index contributed by atoms with van der Waals surface area (Å²) in [6.07, 6.45) is 4.98. The largest absolute Gasteiger partial charge is 0.486 e. The van der Waals surface area contributed by atoms with Gasteiger partial charge in [0.25, 0.3) is 0 Å². The average Bonchev–Trinajstić information content (AvgIpc) is 2.73. The Morgan fingerprint density at radius 2 is 1.81 bits per heavy atom. The Morgan fingerprint density at radius 3 is 2.56 bits per heavy atom. The third-order valence-corrected chi connectivity index (χ3v) is 6.33. The van der Waals surface area contributed by atoms with E-state index in [2.05, 4.69) is 9.71 Å². The van der Waals surface area contributed by atoms with E-state index in [9.17, 15) is 8.42 Å². The van der Waals surface area contributed by atoms with E-state index in [1.807, 2.05) is 12.1 Å². The van der Waals surface area contributed by atoms with Gasteiger partial charge in [0, 0.05) is 31.7 Å². The van der Waals surface area contributed by atoms with Gasteiger partial charge in [0.1, 0.15) is 13.2 Å². The molecule has 4 rings (SSSR count). The van der Waals surface area contributed by atoms with Gasteiger partial charge in [-0.05, 0) is 42.5 Å². The maximum Gasteiger partial charge on any atom is 0.241 e. The van der Waals surface area contributed by atoms with Crippen molar-refractivity contribution in [1.29, 1.82) is 0 Å². The first-order valence-electron chi connectivity index (χ1n) is 9.03. The summed E-state index contributed by atoms with van der Waals surface area (Å²) in [5.41, 5.74) is 0.852.